The first-order valence-electron chi connectivity index (χ1n) is 7.80. The van der Waals surface area contributed by atoms with E-state index in [1.54, 1.807) is 20.0 Å². The summed E-state index contributed by atoms with van der Waals surface area (Å²) in [4.78, 5) is 28.8. The fraction of sp³-hybridized carbons (Fsp3) is 0.222. The van der Waals surface area contributed by atoms with Crippen molar-refractivity contribution in [1.82, 2.24) is 20.1 Å². The molecule has 25 heavy (non-hydrogen) atoms. The molecule has 0 aliphatic carbocycles. The van der Waals surface area contributed by atoms with Crippen LogP contribution in [0.3, 0.4) is 0 Å². The number of carbonyl (C=O) groups is 1. The Labute approximate surface area is 144 Å². The summed E-state index contributed by atoms with van der Waals surface area (Å²) in [6, 6.07) is 9.55. The second-order valence-corrected chi connectivity index (χ2v) is 5.68. The van der Waals surface area contributed by atoms with Gasteiger partial charge in [0.2, 0.25) is 5.89 Å². The molecule has 0 fully saturated rings. The normalized spacial score (nSPS) is 10.7. The molecule has 128 valence electrons. The van der Waals surface area contributed by atoms with Crippen molar-refractivity contribution in [2.45, 2.75) is 20.4 Å². The van der Waals surface area contributed by atoms with Gasteiger partial charge in [-0.3, -0.25) is 9.59 Å². The summed E-state index contributed by atoms with van der Waals surface area (Å²) in [5.41, 5.74) is 1.76. The van der Waals surface area contributed by atoms with Gasteiger partial charge in [-0.1, -0.05) is 30.3 Å². The van der Waals surface area contributed by atoms with Gasteiger partial charge < -0.3 is 9.73 Å². The van der Waals surface area contributed by atoms with Crippen molar-refractivity contribution in [2.24, 2.45) is 7.05 Å². The van der Waals surface area contributed by atoms with Gasteiger partial charge in [0, 0.05) is 12.6 Å². The minimum absolute atomic E-state index is 0.0878. The molecular weight excluding hydrogens is 320 g/mol. The van der Waals surface area contributed by atoms with E-state index < -0.39 is 11.5 Å². The summed E-state index contributed by atoms with van der Waals surface area (Å²) < 4.78 is 6.80. The second-order valence-electron chi connectivity index (χ2n) is 5.68. The number of carbonyl (C=O) groups excluding carboxylic acids is 1. The summed E-state index contributed by atoms with van der Waals surface area (Å²) in [6.45, 7) is 3.55. The highest BCUT2D eigenvalue weighted by Crippen LogP contribution is 2.19. The molecule has 0 unspecified atom stereocenters. The molecule has 2 heterocycles. The average Bonchev–Trinajstić information content (AvgIpc) is 3.08. The molecule has 0 saturated carbocycles. The van der Waals surface area contributed by atoms with Crippen LogP contribution in [-0.2, 0) is 13.6 Å². The summed E-state index contributed by atoms with van der Waals surface area (Å²) in [5, 5.41) is 6.74. The number of benzene rings is 1. The van der Waals surface area contributed by atoms with Gasteiger partial charge in [-0.25, -0.2) is 9.67 Å². The first kappa shape index (κ1) is 16.6. The molecule has 0 spiro atoms. The Morgan fingerprint density at radius 2 is 1.96 bits per heavy atom. The van der Waals surface area contributed by atoms with E-state index in [0.717, 1.165) is 10.2 Å². The maximum absolute atomic E-state index is 12.4. The molecule has 1 aromatic carbocycles. The predicted molar refractivity (Wildman–Crippen MR) is 92.1 cm³/mol. The molecule has 0 aliphatic rings. The number of rotatable bonds is 4. The molecule has 1 N–H and O–H groups in total. The quantitative estimate of drug-likeness (QED) is 0.785. The number of nitrogens with zero attached hydrogens (tertiary/aromatic N) is 3. The van der Waals surface area contributed by atoms with Crippen LogP contribution in [0.15, 0.2) is 45.7 Å². The summed E-state index contributed by atoms with van der Waals surface area (Å²) in [5.74, 6) is 0.521. The molecule has 3 rings (SSSR count). The lowest BCUT2D eigenvalue weighted by Gasteiger charge is -2.09. The Bertz CT molecular complexity index is 974. The van der Waals surface area contributed by atoms with E-state index >= 15 is 0 Å². The lowest BCUT2D eigenvalue weighted by atomic mass is 10.1. The Hall–Kier alpha value is -3.22. The van der Waals surface area contributed by atoms with Crippen molar-refractivity contribution in [1.29, 1.82) is 0 Å². The SMILES string of the molecule is Cc1nn(C)c(=O)c(C(=O)NCc2ncc(-c3ccccc3)o2)c1C. The lowest BCUT2D eigenvalue weighted by Crippen LogP contribution is -2.34. The summed E-state index contributed by atoms with van der Waals surface area (Å²) >= 11 is 0. The Morgan fingerprint density at radius 3 is 2.68 bits per heavy atom. The highest BCUT2D eigenvalue weighted by molar-refractivity contribution is 5.95. The van der Waals surface area contributed by atoms with Crippen LogP contribution in [0.4, 0.5) is 0 Å². The first-order chi connectivity index (χ1) is 12.0. The molecule has 0 atom stereocenters. The number of nitrogens with one attached hydrogen (secondary N) is 1. The molecule has 3 aromatic rings. The topological polar surface area (TPSA) is 90.0 Å². The smallest absolute Gasteiger partial charge is 0.279 e. The highest BCUT2D eigenvalue weighted by atomic mass is 16.4. The number of hydrogen-bond acceptors (Lipinski definition) is 5. The van der Waals surface area contributed by atoms with Crippen LogP contribution < -0.4 is 10.9 Å². The molecule has 2 aromatic heterocycles. The monoisotopic (exact) mass is 338 g/mol. The van der Waals surface area contributed by atoms with Gasteiger partial charge in [-0.05, 0) is 19.4 Å². The van der Waals surface area contributed by atoms with Crippen molar-refractivity contribution in [3.05, 3.63) is 69.6 Å². The Kier molecular flexibility index (Phi) is 4.47. The number of amides is 1. The van der Waals surface area contributed by atoms with Crippen LogP contribution in [0.1, 0.15) is 27.5 Å². The average molecular weight is 338 g/mol. The van der Waals surface area contributed by atoms with Gasteiger partial charge in [-0.15, -0.1) is 0 Å². The van der Waals surface area contributed by atoms with Crippen LogP contribution in [0.25, 0.3) is 11.3 Å². The van der Waals surface area contributed by atoms with Gasteiger partial charge in [0.25, 0.3) is 11.5 Å². The molecule has 7 heteroatoms. The lowest BCUT2D eigenvalue weighted by molar-refractivity contribution is 0.0944. The zero-order valence-electron chi connectivity index (χ0n) is 14.2. The van der Waals surface area contributed by atoms with E-state index in [0.29, 0.717) is 22.9 Å². The van der Waals surface area contributed by atoms with Crippen molar-refractivity contribution < 1.29 is 9.21 Å². The maximum atomic E-state index is 12.4. The zero-order chi connectivity index (χ0) is 18.0. The van der Waals surface area contributed by atoms with Gasteiger partial charge in [0.15, 0.2) is 5.76 Å². The fourth-order valence-electron chi connectivity index (χ4n) is 2.49. The Balaban J connectivity index is 1.76. The van der Waals surface area contributed by atoms with Crippen molar-refractivity contribution in [3.63, 3.8) is 0 Å². The molecule has 7 nitrogen and oxygen atoms in total. The van der Waals surface area contributed by atoms with E-state index in [1.165, 1.54) is 7.05 Å². The van der Waals surface area contributed by atoms with Crippen molar-refractivity contribution in [3.8, 4) is 11.3 Å². The van der Waals surface area contributed by atoms with E-state index in [9.17, 15) is 9.59 Å². The summed E-state index contributed by atoms with van der Waals surface area (Å²) in [6.07, 6.45) is 1.61. The molecular formula is C18H18N4O3. The van der Waals surface area contributed by atoms with Crippen LogP contribution in [0, 0.1) is 13.8 Å². The van der Waals surface area contributed by atoms with E-state index in [-0.39, 0.29) is 12.1 Å². The number of aryl methyl sites for hydroxylation is 2. The van der Waals surface area contributed by atoms with Crippen LogP contribution in [0.5, 0.6) is 0 Å². The molecule has 0 radical (unpaired) electrons. The second kappa shape index (κ2) is 6.72. The first-order valence-corrected chi connectivity index (χ1v) is 7.80. The molecule has 0 bridgehead atoms. The van der Waals surface area contributed by atoms with Gasteiger partial charge in [0.1, 0.15) is 5.56 Å². The third-order valence-corrected chi connectivity index (χ3v) is 3.96. The number of oxazole rings is 1. The maximum Gasteiger partial charge on any atom is 0.279 e. The van der Waals surface area contributed by atoms with E-state index in [1.807, 2.05) is 30.3 Å². The summed E-state index contributed by atoms with van der Waals surface area (Å²) in [7, 11) is 1.52. The van der Waals surface area contributed by atoms with Gasteiger partial charge in [-0.2, -0.15) is 5.10 Å². The third-order valence-electron chi connectivity index (χ3n) is 3.96. The van der Waals surface area contributed by atoms with E-state index in [2.05, 4.69) is 15.4 Å². The number of hydrogen-bond donors (Lipinski definition) is 1. The third kappa shape index (κ3) is 3.35. The highest BCUT2D eigenvalue weighted by Gasteiger charge is 2.18. The predicted octanol–water partition coefficient (Wildman–Crippen LogP) is 1.98. The Morgan fingerprint density at radius 1 is 1.24 bits per heavy atom. The number of aromatic nitrogens is 3. The van der Waals surface area contributed by atoms with Crippen molar-refractivity contribution >= 4 is 5.91 Å². The standard InChI is InChI=1S/C18H18N4O3/c1-11-12(2)21-22(3)18(24)16(11)17(23)20-10-15-19-9-14(25-15)13-7-5-4-6-8-13/h4-9H,10H2,1-3H3,(H,20,23). The van der Waals surface area contributed by atoms with Gasteiger partial charge >= 0.3 is 0 Å². The molecule has 1 amide bonds. The van der Waals surface area contributed by atoms with Crippen LogP contribution in [0.2, 0.25) is 0 Å². The zero-order valence-corrected chi connectivity index (χ0v) is 14.2. The molecule has 0 saturated heterocycles. The molecule has 0 aliphatic heterocycles. The largest absolute Gasteiger partial charge is 0.439 e. The van der Waals surface area contributed by atoms with Crippen molar-refractivity contribution in [2.75, 3.05) is 0 Å². The van der Waals surface area contributed by atoms with Crippen LogP contribution in [-0.4, -0.2) is 20.7 Å². The minimum atomic E-state index is -0.469. The van der Waals surface area contributed by atoms with Crippen LogP contribution >= 0.6 is 0 Å². The van der Waals surface area contributed by atoms with E-state index in [4.69, 9.17) is 4.42 Å². The minimum Gasteiger partial charge on any atom is -0.439 e. The van der Waals surface area contributed by atoms with Gasteiger partial charge in [0.05, 0.1) is 18.4 Å². The fourth-order valence-corrected chi connectivity index (χ4v) is 2.49.